The van der Waals surface area contributed by atoms with Gasteiger partial charge in [-0.1, -0.05) is 13.0 Å². The number of carbonyl (C=O) groups excluding carboxylic acids is 1. The molecule has 166 valence electrons. The molecule has 0 spiro atoms. The SMILES string of the molecule is CCc1cc(C(=O)N2Cc3ccc(OCCCN4CCOCC4)cc3C2)c(O)cc1O. The van der Waals surface area contributed by atoms with Gasteiger partial charge in [-0.15, -0.1) is 0 Å². The third kappa shape index (κ3) is 4.94. The number of benzene rings is 2. The van der Waals surface area contributed by atoms with Crippen molar-refractivity contribution in [3.8, 4) is 17.2 Å². The van der Waals surface area contributed by atoms with Gasteiger partial charge in [0.2, 0.25) is 0 Å². The quantitative estimate of drug-likeness (QED) is 0.663. The molecule has 2 aromatic carbocycles. The highest BCUT2D eigenvalue weighted by Gasteiger charge is 2.27. The van der Waals surface area contributed by atoms with Gasteiger partial charge >= 0.3 is 0 Å². The molecule has 1 fully saturated rings. The summed E-state index contributed by atoms with van der Waals surface area (Å²) in [6.07, 6.45) is 1.54. The maximum atomic E-state index is 13.0. The first-order valence-corrected chi connectivity index (χ1v) is 10.9. The van der Waals surface area contributed by atoms with Gasteiger partial charge in [0.15, 0.2) is 0 Å². The Morgan fingerprint density at radius 1 is 1.06 bits per heavy atom. The first kappa shape index (κ1) is 21.5. The van der Waals surface area contributed by atoms with Crippen molar-refractivity contribution < 1.29 is 24.5 Å². The molecular formula is C24H30N2O5. The van der Waals surface area contributed by atoms with Crippen LogP contribution in [0, 0.1) is 0 Å². The van der Waals surface area contributed by atoms with Crippen LogP contribution in [-0.4, -0.2) is 65.4 Å². The van der Waals surface area contributed by atoms with Gasteiger partial charge in [-0.2, -0.15) is 0 Å². The lowest BCUT2D eigenvalue weighted by Crippen LogP contribution is -2.37. The lowest BCUT2D eigenvalue weighted by molar-refractivity contribution is 0.0358. The first-order valence-electron chi connectivity index (χ1n) is 10.9. The van der Waals surface area contributed by atoms with Crippen LogP contribution in [0.15, 0.2) is 30.3 Å². The number of hydrogen-bond acceptors (Lipinski definition) is 6. The van der Waals surface area contributed by atoms with E-state index in [0.29, 0.717) is 31.7 Å². The van der Waals surface area contributed by atoms with Crippen LogP contribution in [0.25, 0.3) is 0 Å². The summed E-state index contributed by atoms with van der Waals surface area (Å²) in [5.41, 5.74) is 3.02. The molecule has 2 aliphatic heterocycles. The molecule has 0 radical (unpaired) electrons. The molecule has 2 N–H and O–H groups in total. The highest BCUT2D eigenvalue weighted by Crippen LogP contribution is 2.32. The molecule has 1 amide bonds. The maximum Gasteiger partial charge on any atom is 0.258 e. The molecule has 0 unspecified atom stereocenters. The fourth-order valence-corrected chi connectivity index (χ4v) is 4.15. The second-order valence-electron chi connectivity index (χ2n) is 8.10. The van der Waals surface area contributed by atoms with Crippen LogP contribution in [-0.2, 0) is 24.2 Å². The van der Waals surface area contributed by atoms with Crippen LogP contribution in [0.1, 0.15) is 40.4 Å². The van der Waals surface area contributed by atoms with E-state index in [4.69, 9.17) is 9.47 Å². The summed E-state index contributed by atoms with van der Waals surface area (Å²) in [6, 6.07) is 8.80. The average Bonchev–Trinajstić information content (AvgIpc) is 3.21. The largest absolute Gasteiger partial charge is 0.508 e. The summed E-state index contributed by atoms with van der Waals surface area (Å²) in [5, 5.41) is 20.1. The fraction of sp³-hybridized carbons (Fsp3) is 0.458. The predicted octanol–water partition coefficient (Wildman–Crippen LogP) is 2.92. The minimum Gasteiger partial charge on any atom is -0.508 e. The third-order valence-electron chi connectivity index (χ3n) is 5.99. The zero-order valence-corrected chi connectivity index (χ0v) is 18.0. The van der Waals surface area contributed by atoms with Gasteiger partial charge in [-0.25, -0.2) is 0 Å². The zero-order valence-electron chi connectivity index (χ0n) is 18.0. The van der Waals surface area contributed by atoms with Crippen molar-refractivity contribution in [1.29, 1.82) is 0 Å². The van der Waals surface area contributed by atoms with Gasteiger partial charge in [-0.3, -0.25) is 9.69 Å². The number of ether oxygens (including phenoxy) is 2. The molecule has 31 heavy (non-hydrogen) atoms. The molecule has 0 bridgehead atoms. The molecule has 2 heterocycles. The second-order valence-corrected chi connectivity index (χ2v) is 8.10. The molecule has 7 heteroatoms. The van der Waals surface area contributed by atoms with Crippen molar-refractivity contribution >= 4 is 5.91 Å². The molecule has 2 aromatic rings. The monoisotopic (exact) mass is 426 g/mol. The van der Waals surface area contributed by atoms with Crippen molar-refractivity contribution in [1.82, 2.24) is 9.80 Å². The molecule has 0 aromatic heterocycles. The zero-order chi connectivity index (χ0) is 21.8. The normalized spacial score (nSPS) is 16.4. The van der Waals surface area contributed by atoms with Crippen LogP contribution >= 0.6 is 0 Å². The van der Waals surface area contributed by atoms with Crippen molar-refractivity contribution in [2.45, 2.75) is 32.9 Å². The number of rotatable bonds is 7. The molecule has 0 atom stereocenters. The number of amides is 1. The fourth-order valence-electron chi connectivity index (χ4n) is 4.15. The summed E-state index contributed by atoms with van der Waals surface area (Å²) < 4.78 is 11.3. The smallest absolute Gasteiger partial charge is 0.258 e. The minimum atomic E-state index is -0.239. The number of morpholine rings is 1. The standard InChI is InChI=1S/C24H30N2O5/c1-2-17-13-21(23(28)14-22(17)27)24(29)26-15-18-4-5-20(12-19(18)16-26)31-9-3-6-25-7-10-30-11-8-25/h4-5,12-14,27-28H,2-3,6-11,15-16H2,1H3. The number of fused-ring (bicyclic) bond motifs is 1. The summed E-state index contributed by atoms with van der Waals surface area (Å²) in [6.45, 7) is 8.11. The summed E-state index contributed by atoms with van der Waals surface area (Å²) >= 11 is 0. The van der Waals surface area contributed by atoms with Crippen molar-refractivity contribution in [2.24, 2.45) is 0 Å². The molecule has 1 saturated heterocycles. The molecule has 7 nitrogen and oxygen atoms in total. The van der Waals surface area contributed by atoms with Crippen LogP contribution < -0.4 is 4.74 Å². The average molecular weight is 427 g/mol. The van der Waals surface area contributed by atoms with Crippen LogP contribution in [0.5, 0.6) is 17.2 Å². The Kier molecular flexibility index (Phi) is 6.63. The van der Waals surface area contributed by atoms with Gasteiger partial charge < -0.3 is 24.6 Å². The summed E-state index contributed by atoms with van der Waals surface area (Å²) in [7, 11) is 0. The van der Waals surface area contributed by atoms with E-state index < -0.39 is 0 Å². The Bertz CT molecular complexity index is 940. The van der Waals surface area contributed by atoms with Crippen molar-refractivity contribution in [3.05, 3.63) is 52.6 Å². The number of nitrogens with zero attached hydrogens (tertiary/aromatic N) is 2. The predicted molar refractivity (Wildman–Crippen MR) is 117 cm³/mol. The lowest BCUT2D eigenvalue weighted by Gasteiger charge is -2.26. The number of hydrogen-bond donors (Lipinski definition) is 2. The van der Waals surface area contributed by atoms with E-state index in [9.17, 15) is 15.0 Å². The van der Waals surface area contributed by atoms with E-state index in [-0.39, 0.29) is 23.0 Å². The Morgan fingerprint density at radius 2 is 1.84 bits per heavy atom. The summed E-state index contributed by atoms with van der Waals surface area (Å²) in [5.74, 6) is 0.392. The second kappa shape index (κ2) is 9.58. The Hall–Kier alpha value is -2.77. The number of aryl methyl sites for hydroxylation is 1. The van der Waals surface area contributed by atoms with Crippen molar-refractivity contribution in [2.75, 3.05) is 39.5 Å². The van der Waals surface area contributed by atoms with E-state index in [0.717, 1.165) is 56.1 Å². The first-order chi connectivity index (χ1) is 15.0. The maximum absolute atomic E-state index is 13.0. The van der Waals surface area contributed by atoms with E-state index in [1.54, 1.807) is 11.0 Å². The van der Waals surface area contributed by atoms with Gasteiger partial charge in [-0.05, 0) is 47.7 Å². The topological polar surface area (TPSA) is 82.5 Å². The molecule has 4 rings (SSSR count). The van der Waals surface area contributed by atoms with E-state index in [1.807, 2.05) is 25.1 Å². The van der Waals surface area contributed by atoms with E-state index in [1.165, 1.54) is 6.07 Å². The lowest BCUT2D eigenvalue weighted by atomic mass is 10.1. The minimum absolute atomic E-state index is 0.0108. The Balaban J connectivity index is 1.34. The Morgan fingerprint density at radius 3 is 2.61 bits per heavy atom. The Labute approximate surface area is 182 Å². The molecule has 0 saturated carbocycles. The highest BCUT2D eigenvalue weighted by atomic mass is 16.5. The van der Waals surface area contributed by atoms with E-state index in [2.05, 4.69) is 4.90 Å². The molecular weight excluding hydrogens is 396 g/mol. The third-order valence-corrected chi connectivity index (χ3v) is 5.99. The number of phenolic OH excluding ortho intramolecular Hbond substituents is 2. The van der Waals surface area contributed by atoms with Crippen LogP contribution in [0.2, 0.25) is 0 Å². The number of carbonyl (C=O) groups is 1. The highest BCUT2D eigenvalue weighted by molar-refractivity contribution is 5.97. The number of aromatic hydroxyl groups is 2. The van der Waals surface area contributed by atoms with Crippen molar-refractivity contribution in [3.63, 3.8) is 0 Å². The van der Waals surface area contributed by atoms with Gasteiger partial charge in [0.25, 0.3) is 5.91 Å². The van der Waals surface area contributed by atoms with Gasteiger partial charge in [0.05, 0.1) is 25.4 Å². The number of phenols is 2. The molecule has 0 aliphatic carbocycles. The summed E-state index contributed by atoms with van der Waals surface area (Å²) in [4.78, 5) is 17.1. The van der Waals surface area contributed by atoms with Gasteiger partial charge in [0, 0.05) is 38.8 Å². The molecule has 2 aliphatic rings. The van der Waals surface area contributed by atoms with Crippen LogP contribution in [0.3, 0.4) is 0 Å². The van der Waals surface area contributed by atoms with Crippen LogP contribution in [0.4, 0.5) is 0 Å². The van der Waals surface area contributed by atoms with Gasteiger partial charge in [0.1, 0.15) is 17.2 Å². The van der Waals surface area contributed by atoms with E-state index >= 15 is 0 Å².